The van der Waals surface area contributed by atoms with Gasteiger partial charge in [0.25, 0.3) is 0 Å². The van der Waals surface area contributed by atoms with Gasteiger partial charge < -0.3 is 6.42 Å². The number of allylic oxidation sites excluding steroid dienone is 3. The molecule has 16 heavy (non-hydrogen) atoms. The average molecular weight is 395 g/mol. The Bertz CT molecular complexity index is 123. The number of hydrogen-bond donors (Lipinski definition) is 0. The van der Waals surface area contributed by atoms with Crippen LogP contribution < -0.4 is 0 Å². The molecule has 98 valence electrons. The maximum atomic E-state index is 3.67. The van der Waals surface area contributed by atoms with Crippen molar-refractivity contribution in [2.45, 2.75) is 67.2 Å². The van der Waals surface area contributed by atoms with Gasteiger partial charge in [-0.1, -0.05) is 45.4 Å². The van der Waals surface area contributed by atoms with Crippen molar-refractivity contribution >= 4 is 0 Å². The van der Waals surface area contributed by atoms with Crippen LogP contribution in [0.3, 0.4) is 0 Å². The molecule has 0 unspecified atom stereocenters. The fourth-order valence-electron chi connectivity index (χ4n) is 0.524. The van der Waals surface area contributed by atoms with Gasteiger partial charge in [0.1, 0.15) is 0 Å². The van der Waals surface area contributed by atoms with Crippen molar-refractivity contribution in [1.82, 2.24) is 0 Å². The van der Waals surface area contributed by atoms with E-state index in [0.29, 0.717) is 0 Å². The van der Waals surface area contributed by atoms with Crippen molar-refractivity contribution in [1.29, 1.82) is 0 Å². The zero-order valence-electron chi connectivity index (χ0n) is 12.2. The molecule has 1 heteroatoms. The van der Waals surface area contributed by atoms with E-state index in [1.807, 2.05) is 13.8 Å². The molecule has 0 aromatic rings. The Morgan fingerprint density at radius 2 is 1.50 bits per heavy atom. The summed E-state index contributed by atoms with van der Waals surface area (Å²) in [5, 5.41) is 0. The third-order valence-corrected chi connectivity index (χ3v) is 1.65. The van der Waals surface area contributed by atoms with Crippen LogP contribution in [0.5, 0.6) is 0 Å². The molecule has 0 N–H and O–H groups in total. The van der Waals surface area contributed by atoms with Crippen LogP contribution in [0, 0.1) is 6.42 Å². The molecule has 0 aromatic heterocycles. The van der Waals surface area contributed by atoms with E-state index < -0.39 is 0 Å². The molecule has 0 aliphatic rings. The molecule has 0 bridgehead atoms. The molecular formula is C15H31W-. The Morgan fingerprint density at radius 3 is 1.50 bits per heavy atom. The first kappa shape index (κ1) is 25.1. The maximum Gasteiger partial charge on any atom is 0 e. The van der Waals surface area contributed by atoms with Crippen LogP contribution in [-0.2, 0) is 21.1 Å². The number of hydrogen-bond acceptors (Lipinski definition) is 0. The third-order valence-electron chi connectivity index (χ3n) is 1.65. The minimum atomic E-state index is 0. The van der Waals surface area contributed by atoms with E-state index in [9.17, 15) is 0 Å². The molecule has 0 aliphatic carbocycles. The summed E-state index contributed by atoms with van der Waals surface area (Å²) in [6.45, 7) is 16.3. The molecular weight excluding hydrogens is 364 g/mol. The van der Waals surface area contributed by atoms with Crippen molar-refractivity contribution in [2.75, 3.05) is 0 Å². The molecule has 0 heterocycles. The summed E-state index contributed by atoms with van der Waals surface area (Å²) in [5.74, 6) is 0. The Kier molecular flexibility index (Phi) is 46.2. The average Bonchev–Trinajstić information content (AvgIpc) is 2.22. The molecule has 0 atom stereocenters. The van der Waals surface area contributed by atoms with Crippen LogP contribution in [0.1, 0.15) is 67.2 Å². The van der Waals surface area contributed by atoms with Crippen LogP contribution in [-0.4, -0.2) is 0 Å². The van der Waals surface area contributed by atoms with Crippen molar-refractivity contribution in [3.63, 3.8) is 0 Å². The first-order valence-electron chi connectivity index (χ1n) is 6.17. The minimum Gasteiger partial charge on any atom is -0.329 e. The van der Waals surface area contributed by atoms with Gasteiger partial charge in [-0.3, -0.25) is 0 Å². The predicted octanol–water partition coefficient (Wildman–Crippen LogP) is 5.95. The fourth-order valence-corrected chi connectivity index (χ4v) is 0.524. The Morgan fingerprint density at radius 1 is 1.12 bits per heavy atom. The number of unbranched alkanes of at least 4 members (excludes halogenated alkanes) is 2. The van der Waals surface area contributed by atoms with Gasteiger partial charge in [-0.2, -0.15) is 12.8 Å². The van der Waals surface area contributed by atoms with Gasteiger partial charge in [0.05, 0.1) is 0 Å². The summed E-state index contributed by atoms with van der Waals surface area (Å²) in [6, 6.07) is 0. The van der Waals surface area contributed by atoms with E-state index in [4.69, 9.17) is 0 Å². The third kappa shape index (κ3) is 64.6. The van der Waals surface area contributed by atoms with Crippen LogP contribution in [0.25, 0.3) is 0 Å². The van der Waals surface area contributed by atoms with Crippen LogP contribution in [0.4, 0.5) is 0 Å². The summed E-state index contributed by atoms with van der Waals surface area (Å²) >= 11 is 0. The summed E-state index contributed by atoms with van der Waals surface area (Å²) in [6.07, 6.45) is 11.1. The van der Waals surface area contributed by atoms with Crippen molar-refractivity contribution in [2.24, 2.45) is 0 Å². The monoisotopic (exact) mass is 395 g/mol. The Hall–Kier alpha value is 0.168. The van der Waals surface area contributed by atoms with E-state index in [0.717, 1.165) is 12.8 Å². The predicted molar refractivity (Wildman–Crippen MR) is 75.1 cm³/mol. The minimum absolute atomic E-state index is 0. The molecule has 0 rings (SSSR count). The standard InChI is InChI=1S/C5H10.C5H11.C5H10.W/c1-4-5(2)3;2*1-3-5-4-2;/h2,4H2,1,3H3;5H,3-4H2,1-2H3;3,5H,4H2,1-2H3;/q;-1;;. The van der Waals surface area contributed by atoms with Crippen molar-refractivity contribution < 1.29 is 21.1 Å². The molecule has 0 nitrogen and oxygen atoms in total. The van der Waals surface area contributed by atoms with Crippen LogP contribution in [0.15, 0.2) is 24.3 Å². The largest absolute Gasteiger partial charge is 0.329 e. The van der Waals surface area contributed by atoms with E-state index in [1.165, 1.54) is 18.4 Å². The maximum absolute atomic E-state index is 3.67. The summed E-state index contributed by atoms with van der Waals surface area (Å²) in [4.78, 5) is 0. The second kappa shape index (κ2) is 29.4. The zero-order chi connectivity index (χ0) is 12.5. The van der Waals surface area contributed by atoms with E-state index in [1.54, 1.807) is 0 Å². The SMILES string of the molecule is C=C(C)CC.CC=CCC.CC[CH-]CC.[W]. The molecule has 0 saturated carbocycles. The van der Waals surface area contributed by atoms with Crippen LogP contribution in [0.2, 0.25) is 0 Å². The summed E-state index contributed by atoms with van der Waals surface area (Å²) in [7, 11) is 0. The van der Waals surface area contributed by atoms with Gasteiger partial charge in [0.15, 0.2) is 0 Å². The molecule has 0 aliphatic heterocycles. The topological polar surface area (TPSA) is 0 Å². The van der Waals surface area contributed by atoms with E-state index in [-0.39, 0.29) is 21.1 Å². The molecule has 0 aromatic carbocycles. The first-order chi connectivity index (χ1) is 7.10. The van der Waals surface area contributed by atoms with Gasteiger partial charge in [-0.15, -0.1) is 6.58 Å². The van der Waals surface area contributed by atoms with Gasteiger partial charge >= 0.3 is 0 Å². The van der Waals surface area contributed by atoms with Crippen LogP contribution >= 0.6 is 0 Å². The molecule has 0 spiro atoms. The van der Waals surface area contributed by atoms with Gasteiger partial charge in [-0.25, -0.2) is 0 Å². The number of rotatable bonds is 4. The quantitative estimate of drug-likeness (QED) is 0.408. The van der Waals surface area contributed by atoms with Gasteiger partial charge in [-0.05, 0) is 26.7 Å². The summed E-state index contributed by atoms with van der Waals surface area (Å²) in [5.41, 5.74) is 1.25. The molecule has 0 saturated heterocycles. The molecule has 0 amide bonds. The zero-order valence-corrected chi connectivity index (χ0v) is 15.1. The smallest absolute Gasteiger partial charge is 0 e. The first-order valence-corrected chi connectivity index (χ1v) is 6.17. The van der Waals surface area contributed by atoms with Crippen molar-refractivity contribution in [3.8, 4) is 0 Å². The second-order valence-electron chi connectivity index (χ2n) is 3.39. The Labute approximate surface area is 119 Å². The second-order valence-corrected chi connectivity index (χ2v) is 3.39. The Balaban J connectivity index is -0.0000000655. The van der Waals surface area contributed by atoms with Gasteiger partial charge in [0, 0.05) is 21.1 Å². The van der Waals surface area contributed by atoms with E-state index >= 15 is 0 Å². The molecule has 0 fully saturated rings. The van der Waals surface area contributed by atoms with Gasteiger partial charge in [0.2, 0.25) is 0 Å². The molecule has 0 radical (unpaired) electrons. The van der Waals surface area contributed by atoms with Crippen molar-refractivity contribution in [3.05, 3.63) is 30.7 Å². The van der Waals surface area contributed by atoms with E-state index in [2.05, 4.69) is 52.8 Å². The summed E-state index contributed by atoms with van der Waals surface area (Å²) < 4.78 is 0. The normalized spacial score (nSPS) is 8.12. The fraction of sp³-hybridized carbons (Fsp3) is 0.667.